The van der Waals surface area contributed by atoms with Crippen molar-refractivity contribution in [1.29, 1.82) is 0 Å². The molecule has 0 aromatic carbocycles. The topological polar surface area (TPSA) is 26.3 Å². The molecule has 13 heavy (non-hydrogen) atoms. The fourth-order valence-electron chi connectivity index (χ4n) is 1.09. The van der Waals surface area contributed by atoms with Crippen molar-refractivity contribution in [3.63, 3.8) is 0 Å². The van der Waals surface area contributed by atoms with Crippen molar-refractivity contribution in [3.05, 3.63) is 0 Å². The molecule has 0 spiro atoms. The molecule has 0 aliphatic carbocycles. The Morgan fingerprint density at radius 1 is 1.38 bits per heavy atom. The van der Waals surface area contributed by atoms with Gasteiger partial charge in [0.1, 0.15) is 0 Å². The zero-order chi connectivity index (χ0) is 10.1. The number of carbonyl (C=O) groups excluding carboxylic acids is 1. The van der Waals surface area contributed by atoms with E-state index in [4.69, 9.17) is 16.3 Å². The van der Waals surface area contributed by atoms with Gasteiger partial charge in [0, 0.05) is 12.3 Å². The van der Waals surface area contributed by atoms with Gasteiger partial charge in [-0.15, -0.1) is 11.6 Å². The van der Waals surface area contributed by atoms with Crippen molar-refractivity contribution in [1.82, 2.24) is 0 Å². The van der Waals surface area contributed by atoms with Gasteiger partial charge >= 0.3 is 5.97 Å². The first-order valence-corrected chi connectivity index (χ1v) is 5.38. The van der Waals surface area contributed by atoms with E-state index in [0.29, 0.717) is 6.61 Å². The summed E-state index contributed by atoms with van der Waals surface area (Å²) in [6.45, 7) is 4.04. The number of halogens is 1. The third-order valence-electron chi connectivity index (χ3n) is 1.86. The van der Waals surface area contributed by atoms with Crippen LogP contribution in [0.5, 0.6) is 0 Å². The fraction of sp³-hybridized carbons (Fsp3) is 0.900. The van der Waals surface area contributed by atoms with Crippen LogP contribution >= 0.6 is 11.6 Å². The average molecular weight is 207 g/mol. The molecule has 0 aromatic rings. The Morgan fingerprint density at radius 3 is 2.62 bits per heavy atom. The van der Waals surface area contributed by atoms with E-state index >= 15 is 0 Å². The van der Waals surface area contributed by atoms with E-state index in [9.17, 15) is 4.79 Å². The lowest BCUT2D eigenvalue weighted by molar-refractivity contribution is -0.141. The van der Waals surface area contributed by atoms with E-state index in [1.54, 1.807) is 0 Å². The van der Waals surface area contributed by atoms with Crippen LogP contribution in [-0.4, -0.2) is 18.0 Å². The maximum atomic E-state index is 10.4. The molecule has 0 saturated carbocycles. The van der Waals surface area contributed by atoms with Crippen molar-refractivity contribution in [2.24, 2.45) is 0 Å². The highest BCUT2D eigenvalue weighted by molar-refractivity contribution is 6.20. The molecule has 0 radical (unpaired) electrons. The molecular weight excluding hydrogens is 188 g/mol. The van der Waals surface area contributed by atoms with Crippen molar-refractivity contribution in [2.45, 2.75) is 51.3 Å². The predicted octanol–water partition coefficient (Wildman–Crippen LogP) is 3.13. The lowest BCUT2D eigenvalue weighted by atomic mass is 10.1. The molecule has 0 aliphatic heterocycles. The number of esters is 1. The van der Waals surface area contributed by atoms with E-state index in [1.165, 1.54) is 26.2 Å². The number of unbranched alkanes of at least 4 members (excludes halogenated alkanes) is 2. The highest BCUT2D eigenvalue weighted by atomic mass is 35.5. The van der Waals surface area contributed by atoms with E-state index in [-0.39, 0.29) is 11.3 Å². The Bertz CT molecular complexity index is 137. The molecule has 0 aromatic heterocycles. The molecule has 78 valence electrons. The summed E-state index contributed by atoms with van der Waals surface area (Å²) in [6.07, 6.45) is 5.41. The normalized spacial score (nSPS) is 12.5. The third-order valence-corrected chi connectivity index (χ3v) is 2.29. The van der Waals surface area contributed by atoms with Gasteiger partial charge in [-0.2, -0.15) is 0 Å². The Morgan fingerprint density at radius 2 is 2.08 bits per heavy atom. The van der Waals surface area contributed by atoms with E-state index < -0.39 is 0 Å². The van der Waals surface area contributed by atoms with Gasteiger partial charge in [0.2, 0.25) is 0 Å². The smallest absolute Gasteiger partial charge is 0.302 e. The molecule has 0 amide bonds. The number of rotatable bonds is 7. The highest BCUT2D eigenvalue weighted by Crippen LogP contribution is 2.12. The van der Waals surface area contributed by atoms with Gasteiger partial charge in [0.05, 0.1) is 6.61 Å². The minimum Gasteiger partial charge on any atom is -0.466 e. The number of carbonyl (C=O) groups is 1. The van der Waals surface area contributed by atoms with E-state index in [2.05, 4.69) is 6.92 Å². The first kappa shape index (κ1) is 12.8. The van der Waals surface area contributed by atoms with Crippen LogP contribution in [0.3, 0.4) is 0 Å². The molecule has 0 saturated heterocycles. The van der Waals surface area contributed by atoms with Crippen LogP contribution in [0.4, 0.5) is 0 Å². The maximum Gasteiger partial charge on any atom is 0.302 e. The minimum atomic E-state index is -0.225. The number of alkyl halides is 1. The molecule has 3 heteroatoms. The first-order valence-electron chi connectivity index (χ1n) is 4.94. The molecule has 0 aliphatic rings. The molecule has 1 unspecified atom stereocenters. The second-order valence-electron chi connectivity index (χ2n) is 3.22. The Kier molecular flexibility index (Phi) is 8.21. The van der Waals surface area contributed by atoms with Crippen molar-refractivity contribution < 1.29 is 9.53 Å². The lowest BCUT2D eigenvalue weighted by Crippen LogP contribution is -2.07. The van der Waals surface area contributed by atoms with Crippen LogP contribution in [0, 0.1) is 0 Å². The fourth-order valence-corrected chi connectivity index (χ4v) is 1.33. The number of ether oxygens (including phenoxy) is 1. The molecule has 0 heterocycles. The predicted molar refractivity (Wildman–Crippen MR) is 55.0 cm³/mol. The van der Waals surface area contributed by atoms with Crippen molar-refractivity contribution in [2.75, 3.05) is 6.61 Å². The van der Waals surface area contributed by atoms with Crippen molar-refractivity contribution in [3.8, 4) is 0 Å². The van der Waals surface area contributed by atoms with Crippen LogP contribution in [0.25, 0.3) is 0 Å². The molecular formula is C10H19ClO2. The van der Waals surface area contributed by atoms with Gasteiger partial charge in [-0.05, 0) is 12.8 Å². The summed E-state index contributed by atoms with van der Waals surface area (Å²) in [6, 6.07) is 0. The van der Waals surface area contributed by atoms with Crippen molar-refractivity contribution >= 4 is 17.6 Å². The Hall–Kier alpha value is -0.240. The molecule has 0 bridgehead atoms. The van der Waals surface area contributed by atoms with E-state index in [1.807, 2.05) is 0 Å². The molecule has 0 N–H and O–H groups in total. The largest absolute Gasteiger partial charge is 0.466 e. The molecule has 0 fully saturated rings. The third kappa shape index (κ3) is 9.68. The van der Waals surface area contributed by atoms with Gasteiger partial charge in [-0.1, -0.05) is 26.2 Å². The Balaban J connectivity index is 3.19. The van der Waals surface area contributed by atoms with Crippen LogP contribution in [0.1, 0.15) is 46.0 Å². The summed E-state index contributed by atoms with van der Waals surface area (Å²) >= 11 is 6.01. The Labute approximate surface area is 85.6 Å². The average Bonchev–Trinajstić information content (AvgIpc) is 2.04. The van der Waals surface area contributed by atoms with Gasteiger partial charge in [-0.25, -0.2) is 0 Å². The van der Waals surface area contributed by atoms with E-state index in [0.717, 1.165) is 12.8 Å². The van der Waals surface area contributed by atoms with Gasteiger partial charge in [0.15, 0.2) is 0 Å². The van der Waals surface area contributed by atoms with Gasteiger partial charge in [-0.3, -0.25) is 4.79 Å². The zero-order valence-corrected chi connectivity index (χ0v) is 9.27. The summed E-state index contributed by atoms with van der Waals surface area (Å²) in [4.78, 5) is 10.4. The number of hydrogen-bond acceptors (Lipinski definition) is 2. The quantitative estimate of drug-likeness (QED) is 0.364. The summed E-state index contributed by atoms with van der Waals surface area (Å²) in [5.74, 6) is -0.225. The summed E-state index contributed by atoms with van der Waals surface area (Å²) in [5.41, 5.74) is 0. The van der Waals surface area contributed by atoms with Gasteiger partial charge < -0.3 is 4.74 Å². The SMILES string of the molecule is CCCCCC(Cl)CCOC(C)=O. The van der Waals surface area contributed by atoms with Crippen LogP contribution < -0.4 is 0 Å². The maximum absolute atomic E-state index is 10.4. The minimum absolute atomic E-state index is 0.158. The molecule has 2 nitrogen and oxygen atoms in total. The molecule has 1 atom stereocenters. The lowest BCUT2D eigenvalue weighted by Gasteiger charge is -2.08. The number of hydrogen-bond donors (Lipinski definition) is 0. The zero-order valence-electron chi connectivity index (χ0n) is 8.51. The standard InChI is InChI=1S/C10H19ClO2/c1-3-4-5-6-10(11)7-8-13-9(2)12/h10H,3-8H2,1-2H3. The van der Waals surface area contributed by atoms with Crippen LogP contribution in [0.2, 0.25) is 0 Å². The van der Waals surface area contributed by atoms with Gasteiger partial charge in [0.25, 0.3) is 0 Å². The summed E-state index contributed by atoms with van der Waals surface area (Å²) in [5, 5.41) is 0.158. The first-order chi connectivity index (χ1) is 6.16. The molecule has 0 rings (SSSR count). The monoisotopic (exact) mass is 206 g/mol. The summed E-state index contributed by atoms with van der Waals surface area (Å²) < 4.78 is 4.80. The second kappa shape index (κ2) is 8.36. The second-order valence-corrected chi connectivity index (χ2v) is 3.84. The van der Waals surface area contributed by atoms with Crippen LogP contribution in [0.15, 0.2) is 0 Å². The van der Waals surface area contributed by atoms with Crippen LogP contribution in [-0.2, 0) is 9.53 Å². The highest BCUT2D eigenvalue weighted by Gasteiger charge is 2.04. The summed E-state index contributed by atoms with van der Waals surface area (Å²) in [7, 11) is 0.